The first kappa shape index (κ1) is 50.7. The van der Waals surface area contributed by atoms with Crippen molar-refractivity contribution in [1.82, 2.24) is 5.32 Å². The normalized spacial score (nSPS) is 14.8. The molecule has 9 heteroatoms. The monoisotopic (exact) mass is 756 g/mol. The van der Waals surface area contributed by atoms with Crippen LogP contribution in [0.5, 0.6) is 0 Å². The van der Waals surface area contributed by atoms with Crippen LogP contribution in [0, 0.1) is 0 Å². The van der Waals surface area contributed by atoms with Crippen molar-refractivity contribution in [2.75, 3.05) is 40.9 Å². The molecular formula is C43H84N2O6P+. The molecule has 8 nitrogen and oxygen atoms in total. The molecule has 0 bridgehead atoms. The molecule has 3 unspecified atom stereocenters. The van der Waals surface area contributed by atoms with Crippen molar-refractivity contribution < 1.29 is 32.9 Å². The summed E-state index contributed by atoms with van der Waals surface area (Å²) >= 11 is 0. The lowest BCUT2D eigenvalue weighted by molar-refractivity contribution is -0.870. The number of allylic oxidation sites excluding steroid dienone is 5. The number of rotatable bonds is 38. The summed E-state index contributed by atoms with van der Waals surface area (Å²) in [7, 11) is 1.56. The van der Waals surface area contributed by atoms with Crippen LogP contribution in [-0.4, -0.2) is 73.4 Å². The predicted octanol–water partition coefficient (Wildman–Crippen LogP) is 11.5. The zero-order valence-corrected chi connectivity index (χ0v) is 35.4. The maximum atomic E-state index is 12.8. The van der Waals surface area contributed by atoms with E-state index in [9.17, 15) is 19.4 Å². The number of quaternary nitrogens is 1. The highest BCUT2D eigenvalue weighted by molar-refractivity contribution is 7.47. The summed E-state index contributed by atoms with van der Waals surface area (Å²) in [4.78, 5) is 23.1. The number of nitrogens with one attached hydrogen (secondary N) is 1. The summed E-state index contributed by atoms with van der Waals surface area (Å²) < 4.78 is 23.5. The number of carbonyl (C=O) groups excluding carboxylic acids is 1. The molecule has 0 heterocycles. The van der Waals surface area contributed by atoms with Crippen molar-refractivity contribution in [3.05, 3.63) is 36.5 Å². The molecule has 0 aliphatic heterocycles. The molecule has 0 aliphatic carbocycles. The number of hydrogen-bond donors (Lipinski definition) is 3. The molecule has 0 aliphatic rings. The quantitative estimate of drug-likeness (QED) is 0.0251. The molecule has 306 valence electrons. The lowest BCUT2D eigenvalue weighted by Gasteiger charge is -2.25. The summed E-state index contributed by atoms with van der Waals surface area (Å²) in [6.07, 6.45) is 42.0. The number of nitrogens with zero attached hydrogens (tertiary/aromatic N) is 1. The standard InChI is InChI=1S/C43H83N2O6P/c1-6-8-10-12-14-16-18-20-22-23-25-27-29-31-33-35-37-43(47)44-41(40-51-52(48,49)50-39-38-45(3,4)5)42(46)36-34-32-30-28-26-24-21-19-17-15-13-11-9-7-2/h16,18,22-23,34,36,41-42,46H,6-15,17,19-21,24-33,35,37-40H2,1-5H3,(H-,44,47,48,49)/p+1/b18-16-,23-22-,36-34+. The molecule has 0 fully saturated rings. The third kappa shape index (κ3) is 37.1. The van der Waals surface area contributed by atoms with Crippen LogP contribution in [0.1, 0.15) is 181 Å². The summed E-state index contributed by atoms with van der Waals surface area (Å²) in [5.41, 5.74) is 0. The maximum absolute atomic E-state index is 12.8. The Morgan fingerprint density at radius 1 is 0.654 bits per heavy atom. The largest absolute Gasteiger partial charge is 0.472 e. The van der Waals surface area contributed by atoms with E-state index in [2.05, 4.69) is 43.5 Å². The fraction of sp³-hybridized carbons (Fsp3) is 0.837. The zero-order valence-electron chi connectivity index (χ0n) is 34.5. The smallest absolute Gasteiger partial charge is 0.387 e. The lowest BCUT2D eigenvalue weighted by Crippen LogP contribution is -2.45. The van der Waals surface area contributed by atoms with E-state index in [4.69, 9.17) is 9.05 Å². The Balaban J connectivity index is 4.50. The van der Waals surface area contributed by atoms with Gasteiger partial charge in [-0.2, -0.15) is 0 Å². The molecule has 0 radical (unpaired) electrons. The van der Waals surface area contributed by atoms with Gasteiger partial charge in [-0.1, -0.05) is 159 Å². The number of unbranched alkanes of at least 4 members (excludes halogenated alkanes) is 21. The summed E-state index contributed by atoms with van der Waals surface area (Å²) in [5, 5.41) is 13.8. The molecular weight excluding hydrogens is 671 g/mol. The van der Waals surface area contributed by atoms with Gasteiger partial charge in [0, 0.05) is 6.42 Å². The van der Waals surface area contributed by atoms with Crippen LogP contribution >= 0.6 is 7.82 Å². The van der Waals surface area contributed by atoms with Crippen LogP contribution in [-0.2, 0) is 18.4 Å². The van der Waals surface area contributed by atoms with Crippen molar-refractivity contribution in [3.8, 4) is 0 Å². The van der Waals surface area contributed by atoms with E-state index in [0.29, 0.717) is 17.4 Å². The molecule has 0 aromatic rings. The highest BCUT2D eigenvalue weighted by atomic mass is 31.2. The van der Waals surface area contributed by atoms with Crippen LogP contribution in [0.3, 0.4) is 0 Å². The second kappa shape index (κ2) is 35.4. The van der Waals surface area contributed by atoms with Crippen molar-refractivity contribution in [2.45, 2.75) is 193 Å². The van der Waals surface area contributed by atoms with E-state index < -0.39 is 20.0 Å². The maximum Gasteiger partial charge on any atom is 0.472 e. The zero-order chi connectivity index (χ0) is 38.6. The Hall–Kier alpha value is -1.28. The Kier molecular flexibility index (Phi) is 34.6. The Bertz CT molecular complexity index is 948. The first-order valence-electron chi connectivity index (χ1n) is 21.4. The molecule has 52 heavy (non-hydrogen) atoms. The van der Waals surface area contributed by atoms with Gasteiger partial charge in [-0.05, 0) is 51.4 Å². The van der Waals surface area contributed by atoms with E-state index in [0.717, 1.165) is 64.2 Å². The van der Waals surface area contributed by atoms with E-state index in [-0.39, 0.29) is 19.1 Å². The fourth-order valence-corrected chi connectivity index (χ4v) is 6.63. The molecule has 3 atom stereocenters. The van der Waals surface area contributed by atoms with Gasteiger partial charge in [-0.3, -0.25) is 13.8 Å². The van der Waals surface area contributed by atoms with Gasteiger partial charge in [0.2, 0.25) is 5.91 Å². The summed E-state index contributed by atoms with van der Waals surface area (Å²) in [6.45, 7) is 4.77. The van der Waals surface area contributed by atoms with Gasteiger partial charge in [0.15, 0.2) is 0 Å². The van der Waals surface area contributed by atoms with Crippen LogP contribution in [0.4, 0.5) is 0 Å². The number of aliphatic hydroxyl groups excluding tert-OH is 1. The molecule has 0 aromatic carbocycles. The van der Waals surface area contributed by atoms with Crippen LogP contribution in [0.25, 0.3) is 0 Å². The van der Waals surface area contributed by atoms with Crippen LogP contribution in [0.2, 0.25) is 0 Å². The predicted molar refractivity (Wildman–Crippen MR) is 221 cm³/mol. The Morgan fingerprint density at radius 2 is 1.10 bits per heavy atom. The molecule has 0 saturated carbocycles. The van der Waals surface area contributed by atoms with E-state index in [1.54, 1.807) is 6.08 Å². The fourth-order valence-electron chi connectivity index (χ4n) is 5.89. The van der Waals surface area contributed by atoms with Gasteiger partial charge in [-0.15, -0.1) is 0 Å². The average Bonchev–Trinajstić information content (AvgIpc) is 3.09. The van der Waals surface area contributed by atoms with Crippen molar-refractivity contribution in [3.63, 3.8) is 0 Å². The first-order chi connectivity index (χ1) is 25.0. The number of hydrogen-bond acceptors (Lipinski definition) is 5. The third-order valence-corrected chi connectivity index (χ3v) is 10.3. The third-order valence-electron chi connectivity index (χ3n) is 9.35. The molecule has 0 aromatic heterocycles. The SMILES string of the molecule is CCCCCC/C=C\C/C=C\CCCCCCCC(=O)NC(COP(=O)(O)OCC[N+](C)(C)C)C(O)/C=C/CCCCCCCCCCCCCC. The van der Waals surface area contributed by atoms with E-state index in [1.165, 1.54) is 96.3 Å². The minimum absolute atomic E-state index is 0.0582. The molecule has 3 N–H and O–H groups in total. The number of phosphoric acid groups is 1. The minimum Gasteiger partial charge on any atom is -0.387 e. The number of phosphoric ester groups is 1. The minimum atomic E-state index is -4.34. The Labute approximate surface area is 321 Å². The van der Waals surface area contributed by atoms with Gasteiger partial charge in [0.25, 0.3) is 0 Å². The Morgan fingerprint density at radius 3 is 1.60 bits per heavy atom. The van der Waals surface area contributed by atoms with Crippen LogP contribution in [0.15, 0.2) is 36.5 Å². The van der Waals surface area contributed by atoms with E-state index >= 15 is 0 Å². The first-order valence-corrected chi connectivity index (χ1v) is 22.9. The number of aliphatic hydroxyl groups is 1. The number of likely N-dealkylation sites (N-methyl/N-ethyl adjacent to an activating group) is 1. The highest BCUT2D eigenvalue weighted by Gasteiger charge is 2.27. The van der Waals surface area contributed by atoms with Gasteiger partial charge in [-0.25, -0.2) is 4.57 Å². The van der Waals surface area contributed by atoms with Crippen LogP contribution < -0.4 is 5.32 Å². The topological polar surface area (TPSA) is 105 Å². The van der Waals surface area contributed by atoms with Gasteiger partial charge in [0.05, 0.1) is 39.9 Å². The van der Waals surface area contributed by atoms with Gasteiger partial charge in [0.1, 0.15) is 13.2 Å². The second-order valence-electron chi connectivity index (χ2n) is 15.7. The van der Waals surface area contributed by atoms with Crippen molar-refractivity contribution >= 4 is 13.7 Å². The lowest BCUT2D eigenvalue weighted by atomic mass is 10.0. The highest BCUT2D eigenvalue weighted by Crippen LogP contribution is 2.43. The number of amides is 1. The van der Waals surface area contributed by atoms with Crippen molar-refractivity contribution in [1.29, 1.82) is 0 Å². The van der Waals surface area contributed by atoms with Gasteiger partial charge < -0.3 is 19.8 Å². The van der Waals surface area contributed by atoms with Crippen molar-refractivity contribution in [2.24, 2.45) is 0 Å². The van der Waals surface area contributed by atoms with Gasteiger partial charge >= 0.3 is 7.82 Å². The summed E-state index contributed by atoms with van der Waals surface area (Å²) in [5.74, 6) is -0.193. The molecule has 0 spiro atoms. The molecule has 0 saturated heterocycles. The molecule has 0 rings (SSSR count). The van der Waals surface area contributed by atoms with E-state index in [1.807, 2.05) is 27.2 Å². The molecule has 1 amide bonds. The summed E-state index contributed by atoms with van der Waals surface area (Å²) in [6, 6.07) is -0.851. The average molecular weight is 756 g/mol. The number of carbonyl (C=O) groups is 1. The second-order valence-corrected chi connectivity index (χ2v) is 17.2.